The zero-order chi connectivity index (χ0) is 23.9. The fourth-order valence-electron chi connectivity index (χ4n) is 3.49. The van der Waals surface area contributed by atoms with Crippen molar-refractivity contribution >= 4 is 54.8 Å². The minimum absolute atomic E-state index is 0.00394. The summed E-state index contributed by atoms with van der Waals surface area (Å²) in [7, 11) is -3.89. The van der Waals surface area contributed by atoms with Gasteiger partial charge in [0, 0.05) is 28.2 Å². The predicted molar refractivity (Wildman–Crippen MR) is 130 cm³/mol. The van der Waals surface area contributed by atoms with E-state index in [2.05, 4.69) is 25.0 Å². The van der Waals surface area contributed by atoms with E-state index in [4.69, 9.17) is 5.73 Å². The van der Waals surface area contributed by atoms with Gasteiger partial charge in [-0.15, -0.1) is 11.3 Å². The third-order valence-corrected chi connectivity index (χ3v) is 7.30. The SMILES string of the molecule is Cc1cc(C)nc(NS(=O)(=O)c2ccc(NC(=O)c3sc4nc(C)cc(C)c4c3N)cc2)n1. The molecule has 170 valence electrons. The van der Waals surface area contributed by atoms with Crippen LogP contribution < -0.4 is 15.8 Å². The molecule has 3 aromatic heterocycles. The molecule has 0 radical (unpaired) electrons. The summed E-state index contributed by atoms with van der Waals surface area (Å²) in [6, 6.07) is 9.46. The van der Waals surface area contributed by atoms with Crippen LogP contribution in [0, 0.1) is 27.7 Å². The molecule has 33 heavy (non-hydrogen) atoms. The van der Waals surface area contributed by atoms with Crippen molar-refractivity contribution in [1.82, 2.24) is 15.0 Å². The number of aromatic nitrogens is 3. The molecular formula is C22H22N6O3S2. The number of nitrogens with zero attached hydrogens (tertiary/aromatic N) is 3. The largest absolute Gasteiger partial charge is 0.397 e. The first-order chi connectivity index (χ1) is 15.5. The van der Waals surface area contributed by atoms with Crippen LogP contribution in [0.3, 0.4) is 0 Å². The van der Waals surface area contributed by atoms with Crippen LogP contribution in [-0.2, 0) is 10.0 Å². The number of sulfonamides is 1. The first-order valence-electron chi connectivity index (χ1n) is 9.96. The van der Waals surface area contributed by atoms with Crippen LogP contribution in [0.4, 0.5) is 17.3 Å². The first kappa shape index (κ1) is 22.6. The third-order valence-electron chi connectivity index (χ3n) is 4.86. The standard InChI is InChI=1S/C22H22N6O3S2/c1-11-9-12(2)24-21-17(11)18(23)19(32-21)20(29)27-15-5-7-16(8-6-15)33(30,31)28-22-25-13(3)10-14(4)26-22/h5-10H,23H2,1-4H3,(H,27,29)(H,25,26,28). The van der Waals surface area contributed by atoms with Crippen LogP contribution in [-0.4, -0.2) is 29.3 Å². The molecule has 4 N–H and O–H groups in total. The van der Waals surface area contributed by atoms with E-state index in [0.29, 0.717) is 32.5 Å². The van der Waals surface area contributed by atoms with Gasteiger partial charge in [-0.3, -0.25) is 4.79 Å². The van der Waals surface area contributed by atoms with Crippen LogP contribution in [0.15, 0.2) is 41.3 Å². The number of amides is 1. The van der Waals surface area contributed by atoms with Crippen molar-refractivity contribution in [3.63, 3.8) is 0 Å². The summed E-state index contributed by atoms with van der Waals surface area (Å²) in [6.07, 6.45) is 0. The highest BCUT2D eigenvalue weighted by Crippen LogP contribution is 2.35. The van der Waals surface area contributed by atoms with Gasteiger partial charge in [0.25, 0.3) is 15.9 Å². The average Bonchev–Trinajstić information content (AvgIpc) is 3.03. The summed E-state index contributed by atoms with van der Waals surface area (Å²) >= 11 is 1.22. The fourth-order valence-corrected chi connectivity index (χ4v) is 5.55. The summed E-state index contributed by atoms with van der Waals surface area (Å²) in [5, 5.41) is 3.54. The molecule has 0 aliphatic carbocycles. The Balaban J connectivity index is 1.54. The highest BCUT2D eigenvalue weighted by molar-refractivity contribution is 7.92. The number of hydrogen-bond acceptors (Lipinski definition) is 8. The van der Waals surface area contributed by atoms with Crippen molar-refractivity contribution < 1.29 is 13.2 Å². The van der Waals surface area contributed by atoms with E-state index in [1.165, 1.54) is 35.6 Å². The maximum absolute atomic E-state index is 12.8. The molecule has 0 bridgehead atoms. The quantitative estimate of drug-likeness (QED) is 0.391. The molecule has 4 aromatic rings. The summed E-state index contributed by atoms with van der Waals surface area (Å²) in [5.74, 6) is -0.380. The fraction of sp³-hybridized carbons (Fsp3) is 0.182. The van der Waals surface area contributed by atoms with Gasteiger partial charge >= 0.3 is 0 Å². The molecule has 0 aliphatic heterocycles. The van der Waals surface area contributed by atoms with E-state index in [1.807, 2.05) is 19.9 Å². The molecule has 1 aromatic carbocycles. The highest BCUT2D eigenvalue weighted by atomic mass is 32.2. The Labute approximate surface area is 195 Å². The maximum atomic E-state index is 12.8. The second kappa shape index (κ2) is 8.41. The highest BCUT2D eigenvalue weighted by Gasteiger charge is 2.20. The van der Waals surface area contributed by atoms with E-state index in [-0.39, 0.29) is 16.8 Å². The second-order valence-electron chi connectivity index (χ2n) is 7.66. The van der Waals surface area contributed by atoms with Crippen LogP contribution in [0.25, 0.3) is 10.2 Å². The molecule has 0 fully saturated rings. The number of benzene rings is 1. The van der Waals surface area contributed by atoms with Gasteiger partial charge in [-0.25, -0.2) is 28.1 Å². The number of carbonyl (C=O) groups excluding carboxylic acids is 1. The lowest BCUT2D eigenvalue weighted by molar-refractivity contribution is 0.103. The summed E-state index contributed by atoms with van der Waals surface area (Å²) in [6.45, 7) is 7.33. The summed E-state index contributed by atoms with van der Waals surface area (Å²) < 4.78 is 27.7. The van der Waals surface area contributed by atoms with E-state index in [1.54, 1.807) is 19.9 Å². The number of fused-ring (bicyclic) bond motifs is 1. The predicted octanol–water partition coefficient (Wildman–Crippen LogP) is 3.96. The lowest BCUT2D eigenvalue weighted by atomic mass is 10.1. The Kier molecular flexibility index (Phi) is 5.76. The van der Waals surface area contributed by atoms with E-state index in [9.17, 15) is 13.2 Å². The number of nitrogens with one attached hydrogen (secondary N) is 2. The van der Waals surface area contributed by atoms with Gasteiger partial charge in [-0.2, -0.15) is 0 Å². The number of aryl methyl sites for hydroxylation is 4. The smallest absolute Gasteiger partial charge is 0.267 e. The van der Waals surface area contributed by atoms with Gasteiger partial charge in [0.15, 0.2) is 0 Å². The lowest BCUT2D eigenvalue weighted by Gasteiger charge is -2.09. The second-order valence-corrected chi connectivity index (χ2v) is 10.3. The van der Waals surface area contributed by atoms with E-state index >= 15 is 0 Å². The Morgan fingerprint density at radius 2 is 1.55 bits per heavy atom. The molecule has 0 saturated carbocycles. The molecule has 11 heteroatoms. The van der Waals surface area contributed by atoms with E-state index in [0.717, 1.165) is 16.6 Å². The Morgan fingerprint density at radius 1 is 0.939 bits per heavy atom. The number of carbonyl (C=O) groups is 1. The third kappa shape index (κ3) is 4.64. The molecule has 0 spiro atoms. The van der Waals surface area contributed by atoms with Gasteiger partial charge in [0.2, 0.25) is 5.95 Å². The Hall–Kier alpha value is -3.57. The lowest BCUT2D eigenvalue weighted by Crippen LogP contribution is -2.16. The van der Waals surface area contributed by atoms with Crippen molar-refractivity contribution in [2.24, 2.45) is 0 Å². The van der Waals surface area contributed by atoms with Gasteiger partial charge in [-0.1, -0.05) is 0 Å². The average molecular weight is 483 g/mol. The summed E-state index contributed by atoms with van der Waals surface area (Å²) in [4.78, 5) is 26.6. The number of pyridine rings is 1. The van der Waals surface area contributed by atoms with Crippen LogP contribution in [0.5, 0.6) is 0 Å². The molecule has 4 rings (SSSR count). The molecule has 0 atom stereocenters. The normalized spacial score (nSPS) is 11.5. The van der Waals surface area contributed by atoms with Gasteiger partial charge in [0.1, 0.15) is 9.71 Å². The zero-order valence-electron chi connectivity index (χ0n) is 18.4. The number of nitrogen functional groups attached to an aromatic ring is 1. The number of anilines is 3. The minimum Gasteiger partial charge on any atom is -0.397 e. The monoisotopic (exact) mass is 482 g/mol. The van der Waals surface area contributed by atoms with Crippen LogP contribution >= 0.6 is 11.3 Å². The molecule has 3 heterocycles. The number of nitrogens with two attached hydrogens (primary N) is 1. The number of thiophene rings is 1. The van der Waals surface area contributed by atoms with Crippen LogP contribution in [0.1, 0.15) is 32.3 Å². The molecule has 0 unspecified atom stereocenters. The van der Waals surface area contributed by atoms with Crippen molar-refractivity contribution in [1.29, 1.82) is 0 Å². The topological polar surface area (TPSA) is 140 Å². The van der Waals surface area contributed by atoms with Crippen LogP contribution in [0.2, 0.25) is 0 Å². The first-order valence-corrected chi connectivity index (χ1v) is 12.3. The van der Waals surface area contributed by atoms with Crippen molar-refractivity contribution in [3.05, 3.63) is 63.9 Å². The summed E-state index contributed by atoms with van der Waals surface area (Å²) in [5.41, 5.74) is 10.2. The maximum Gasteiger partial charge on any atom is 0.267 e. The molecule has 0 aliphatic rings. The Morgan fingerprint density at radius 3 is 2.18 bits per heavy atom. The number of rotatable bonds is 5. The molecule has 9 nitrogen and oxygen atoms in total. The van der Waals surface area contributed by atoms with Gasteiger partial charge in [-0.05, 0) is 69.7 Å². The van der Waals surface area contributed by atoms with Gasteiger partial charge < -0.3 is 11.1 Å². The van der Waals surface area contributed by atoms with Crippen molar-refractivity contribution in [2.75, 3.05) is 15.8 Å². The zero-order valence-corrected chi connectivity index (χ0v) is 20.1. The van der Waals surface area contributed by atoms with Crippen molar-refractivity contribution in [2.45, 2.75) is 32.6 Å². The minimum atomic E-state index is -3.89. The van der Waals surface area contributed by atoms with E-state index < -0.39 is 10.0 Å². The molecule has 1 amide bonds. The van der Waals surface area contributed by atoms with Gasteiger partial charge in [0.05, 0.1) is 10.6 Å². The Bertz CT molecular complexity index is 1470. The number of hydrogen-bond donors (Lipinski definition) is 3. The van der Waals surface area contributed by atoms with Crippen molar-refractivity contribution in [3.8, 4) is 0 Å². The molecule has 0 saturated heterocycles. The molecular weight excluding hydrogens is 460 g/mol.